The van der Waals surface area contributed by atoms with Gasteiger partial charge in [0, 0.05) is 17.6 Å². The van der Waals surface area contributed by atoms with Gasteiger partial charge in [-0.25, -0.2) is 0 Å². The molecule has 2 aromatic rings. The van der Waals surface area contributed by atoms with E-state index in [1.54, 1.807) is 30.3 Å². The van der Waals surface area contributed by atoms with E-state index < -0.39 is 11.8 Å². The molecule has 6 N–H and O–H groups in total. The molecule has 0 aliphatic heterocycles. The molecule has 25 heavy (non-hydrogen) atoms. The van der Waals surface area contributed by atoms with Crippen molar-refractivity contribution in [1.29, 1.82) is 5.26 Å². The minimum absolute atomic E-state index is 0.228. The molecular weight excluding hydrogens is 342 g/mol. The number of carbonyl (C=O) groups excluding carboxylic acids is 2. The third kappa shape index (κ3) is 4.50. The van der Waals surface area contributed by atoms with Crippen LogP contribution in [0.5, 0.6) is 0 Å². The van der Waals surface area contributed by atoms with E-state index in [0.717, 1.165) is 6.20 Å². The lowest BCUT2D eigenvalue weighted by Crippen LogP contribution is -2.22. The Balaban J connectivity index is 2.12. The van der Waals surface area contributed by atoms with Gasteiger partial charge >= 0.3 is 0 Å². The Bertz CT molecular complexity index is 902. The minimum atomic E-state index is -0.726. The van der Waals surface area contributed by atoms with Gasteiger partial charge in [0.1, 0.15) is 11.6 Å². The number of benzene rings is 2. The zero-order chi connectivity index (χ0) is 18.4. The maximum Gasteiger partial charge on any atom is 0.267 e. The first-order chi connectivity index (χ1) is 11.9. The van der Waals surface area contributed by atoms with E-state index in [0.29, 0.717) is 11.4 Å². The van der Waals surface area contributed by atoms with Crippen molar-refractivity contribution in [2.24, 2.45) is 0 Å². The number of nitrogen functional groups attached to an aromatic ring is 2. The summed E-state index contributed by atoms with van der Waals surface area (Å²) in [5.74, 6) is -1.26. The minimum Gasteiger partial charge on any atom is -0.399 e. The van der Waals surface area contributed by atoms with E-state index in [1.807, 2.05) is 0 Å². The van der Waals surface area contributed by atoms with Crippen molar-refractivity contribution >= 4 is 40.5 Å². The topological polar surface area (TPSA) is 134 Å². The fourth-order valence-electron chi connectivity index (χ4n) is 1.89. The number of carbonyl (C=O) groups is 2. The lowest BCUT2D eigenvalue weighted by Gasteiger charge is -2.08. The number of nitriles is 1. The van der Waals surface area contributed by atoms with Crippen LogP contribution >= 0.6 is 11.6 Å². The van der Waals surface area contributed by atoms with Gasteiger partial charge in [0.15, 0.2) is 0 Å². The van der Waals surface area contributed by atoms with Crippen molar-refractivity contribution in [2.75, 3.05) is 16.8 Å². The summed E-state index contributed by atoms with van der Waals surface area (Å²) in [4.78, 5) is 24.2. The van der Waals surface area contributed by atoms with Crippen LogP contribution in [-0.4, -0.2) is 11.8 Å². The van der Waals surface area contributed by atoms with Crippen LogP contribution in [0.3, 0.4) is 0 Å². The molecule has 0 aliphatic carbocycles. The highest BCUT2D eigenvalue weighted by Crippen LogP contribution is 2.24. The number of nitrogens with one attached hydrogen (secondary N) is 2. The Morgan fingerprint density at radius 3 is 2.52 bits per heavy atom. The third-order valence-electron chi connectivity index (χ3n) is 3.16. The van der Waals surface area contributed by atoms with Gasteiger partial charge < -0.3 is 22.1 Å². The zero-order valence-electron chi connectivity index (χ0n) is 12.9. The van der Waals surface area contributed by atoms with E-state index in [-0.39, 0.29) is 21.8 Å². The molecule has 7 nitrogen and oxygen atoms in total. The van der Waals surface area contributed by atoms with Crippen molar-refractivity contribution in [3.8, 4) is 6.07 Å². The molecule has 0 heterocycles. The number of hydrogen-bond donors (Lipinski definition) is 4. The number of anilines is 3. The van der Waals surface area contributed by atoms with Gasteiger partial charge in [0.05, 0.1) is 16.3 Å². The second-order valence-electron chi connectivity index (χ2n) is 4.92. The van der Waals surface area contributed by atoms with Crippen LogP contribution < -0.4 is 22.1 Å². The molecule has 0 aliphatic rings. The van der Waals surface area contributed by atoms with Gasteiger partial charge in [-0.05, 0) is 30.3 Å². The van der Waals surface area contributed by atoms with E-state index in [9.17, 15) is 9.59 Å². The van der Waals surface area contributed by atoms with Gasteiger partial charge in [0.2, 0.25) is 0 Å². The third-order valence-corrected chi connectivity index (χ3v) is 3.47. The average molecular weight is 356 g/mol. The van der Waals surface area contributed by atoms with Crippen LogP contribution in [-0.2, 0) is 4.79 Å². The second kappa shape index (κ2) is 7.86. The zero-order valence-corrected chi connectivity index (χ0v) is 13.7. The monoisotopic (exact) mass is 355 g/mol. The standard InChI is InChI=1S/C17H14ClN5O2/c18-13-7-11(20)5-6-15(13)23-16(24)10(8-19)9-22-17(25)12-3-1-2-4-14(12)21/h1-7,9H,20-21H2,(H,22,25)(H,23,24)/b10-9-. The fourth-order valence-corrected chi connectivity index (χ4v) is 2.13. The highest BCUT2D eigenvalue weighted by molar-refractivity contribution is 6.34. The summed E-state index contributed by atoms with van der Waals surface area (Å²) in [5.41, 5.74) is 12.2. The summed E-state index contributed by atoms with van der Waals surface area (Å²) in [7, 11) is 0. The van der Waals surface area contributed by atoms with Crippen LogP contribution in [0.25, 0.3) is 0 Å². The Morgan fingerprint density at radius 2 is 1.88 bits per heavy atom. The lowest BCUT2D eigenvalue weighted by molar-refractivity contribution is -0.112. The van der Waals surface area contributed by atoms with Crippen molar-refractivity contribution in [3.63, 3.8) is 0 Å². The molecule has 2 amide bonds. The average Bonchev–Trinajstić information content (AvgIpc) is 2.58. The van der Waals surface area contributed by atoms with Crippen LogP contribution in [0.2, 0.25) is 5.02 Å². The number of hydrogen-bond acceptors (Lipinski definition) is 5. The predicted molar refractivity (Wildman–Crippen MR) is 96.5 cm³/mol. The summed E-state index contributed by atoms with van der Waals surface area (Å²) in [6.07, 6.45) is 1.01. The fraction of sp³-hybridized carbons (Fsp3) is 0. The van der Waals surface area contributed by atoms with Crippen molar-refractivity contribution in [1.82, 2.24) is 5.32 Å². The largest absolute Gasteiger partial charge is 0.399 e. The summed E-state index contributed by atoms with van der Waals surface area (Å²) in [5, 5.41) is 14.2. The molecule has 0 saturated carbocycles. The normalized spacial score (nSPS) is 10.6. The first kappa shape index (κ1) is 17.8. The lowest BCUT2D eigenvalue weighted by atomic mass is 10.1. The Labute approximate surface area is 148 Å². The molecule has 8 heteroatoms. The Kier molecular flexibility index (Phi) is 5.61. The maximum absolute atomic E-state index is 12.1. The smallest absolute Gasteiger partial charge is 0.267 e. The maximum atomic E-state index is 12.1. The van der Waals surface area contributed by atoms with Gasteiger partial charge in [-0.2, -0.15) is 5.26 Å². The van der Waals surface area contributed by atoms with Gasteiger partial charge in [0.25, 0.3) is 11.8 Å². The molecule has 0 spiro atoms. The molecule has 0 radical (unpaired) electrons. The van der Waals surface area contributed by atoms with Crippen LogP contribution in [0.4, 0.5) is 17.1 Å². The summed E-state index contributed by atoms with van der Waals surface area (Å²) < 4.78 is 0. The van der Waals surface area contributed by atoms with E-state index in [2.05, 4.69) is 10.6 Å². The van der Waals surface area contributed by atoms with Crippen molar-refractivity contribution in [3.05, 3.63) is 64.8 Å². The number of halogens is 1. The molecule has 2 rings (SSSR count). The Morgan fingerprint density at radius 1 is 1.16 bits per heavy atom. The highest BCUT2D eigenvalue weighted by Gasteiger charge is 2.13. The first-order valence-corrected chi connectivity index (χ1v) is 7.42. The molecule has 0 saturated heterocycles. The Hall–Kier alpha value is -3.50. The number of para-hydroxylation sites is 1. The molecular formula is C17H14ClN5O2. The van der Waals surface area contributed by atoms with Crippen LogP contribution in [0, 0.1) is 11.3 Å². The first-order valence-electron chi connectivity index (χ1n) is 7.04. The summed E-state index contributed by atoms with van der Waals surface area (Å²) in [6.45, 7) is 0. The highest BCUT2D eigenvalue weighted by atomic mass is 35.5. The molecule has 0 fully saturated rings. The predicted octanol–water partition coefficient (Wildman–Crippen LogP) is 2.28. The number of amides is 2. The van der Waals surface area contributed by atoms with E-state index in [4.69, 9.17) is 28.3 Å². The summed E-state index contributed by atoms with van der Waals surface area (Å²) in [6, 6.07) is 12.7. The van der Waals surface area contributed by atoms with E-state index >= 15 is 0 Å². The molecule has 0 bridgehead atoms. The number of nitrogens with two attached hydrogens (primary N) is 2. The van der Waals surface area contributed by atoms with Gasteiger partial charge in [-0.15, -0.1) is 0 Å². The SMILES string of the molecule is N#C/C(=C/NC(=O)c1ccccc1N)C(=O)Nc1ccc(N)cc1Cl. The van der Waals surface area contributed by atoms with Gasteiger partial charge in [-0.3, -0.25) is 9.59 Å². The van der Waals surface area contributed by atoms with Crippen LogP contribution in [0.15, 0.2) is 54.2 Å². The summed E-state index contributed by atoms with van der Waals surface area (Å²) >= 11 is 5.97. The number of nitrogens with zero attached hydrogens (tertiary/aromatic N) is 1. The van der Waals surface area contributed by atoms with Crippen molar-refractivity contribution in [2.45, 2.75) is 0 Å². The van der Waals surface area contributed by atoms with Crippen LogP contribution in [0.1, 0.15) is 10.4 Å². The number of rotatable bonds is 4. The quantitative estimate of drug-likeness (QED) is 0.379. The molecule has 0 unspecified atom stereocenters. The van der Waals surface area contributed by atoms with Crippen molar-refractivity contribution < 1.29 is 9.59 Å². The van der Waals surface area contributed by atoms with Gasteiger partial charge in [-0.1, -0.05) is 23.7 Å². The molecule has 126 valence electrons. The molecule has 0 atom stereocenters. The molecule has 2 aromatic carbocycles. The molecule has 0 aromatic heterocycles. The second-order valence-corrected chi connectivity index (χ2v) is 5.33. The van der Waals surface area contributed by atoms with E-state index in [1.165, 1.54) is 18.2 Å².